The second-order valence-corrected chi connectivity index (χ2v) is 3.41. The zero-order valence-electron chi connectivity index (χ0n) is 7.09. The van der Waals surface area contributed by atoms with E-state index in [-0.39, 0.29) is 5.97 Å². The van der Waals surface area contributed by atoms with Gasteiger partial charge in [0, 0.05) is 5.57 Å². The maximum atomic E-state index is 10.8. The number of hydrogen-bond donors (Lipinski definition) is 0. The van der Waals surface area contributed by atoms with E-state index in [1.807, 2.05) is 0 Å². The maximum Gasteiger partial charge on any atom is 0.333 e. The Morgan fingerprint density at radius 1 is 1.64 bits per heavy atom. The van der Waals surface area contributed by atoms with Gasteiger partial charge in [-0.1, -0.05) is 20.4 Å². The van der Waals surface area contributed by atoms with E-state index in [4.69, 9.17) is 4.74 Å². The first kappa shape index (κ1) is 8.31. The van der Waals surface area contributed by atoms with Gasteiger partial charge in [0.05, 0.1) is 6.61 Å². The first-order chi connectivity index (χ1) is 5.11. The summed E-state index contributed by atoms with van der Waals surface area (Å²) < 4.78 is 4.93. The molecule has 1 fully saturated rings. The van der Waals surface area contributed by atoms with Crippen LogP contribution >= 0.6 is 0 Å². The Bertz CT molecular complexity index is 182. The van der Waals surface area contributed by atoms with Crippen molar-refractivity contribution >= 4 is 5.97 Å². The van der Waals surface area contributed by atoms with Gasteiger partial charge in [0.2, 0.25) is 0 Å². The summed E-state index contributed by atoms with van der Waals surface area (Å²) >= 11 is 0. The zero-order chi connectivity index (χ0) is 8.43. The third-order valence-electron chi connectivity index (χ3n) is 2.17. The molecule has 0 aromatic rings. The minimum atomic E-state index is -0.220. The lowest BCUT2D eigenvalue weighted by atomic mass is 9.89. The van der Waals surface area contributed by atoms with E-state index >= 15 is 0 Å². The molecule has 0 saturated carbocycles. The van der Waals surface area contributed by atoms with Crippen LogP contribution in [-0.4, -0.2) is 12.6 Å². The molecule has 1 rings (SSSR count). The molecule has 0 radical (unpaired) electrons. The molecule has 1 aliphatic heterocycles. The van der Waals surface area contributed by atoms with E-state index < -0.39 is 0 Å². The standard InChI is InChI=1S/C9H14O2/c1-6(2)8-4-7(3)9(10)11-5-8/h6,8H,3-5H2,1-2H3/t8-/m0/s1. The van der Waals surface area contributed by atoms with Crippen LogP contribution < -0.4 is 0 Å². The molecule has 1 saturated heterocycles. The van der Waals surface area contributed by atoms with Crippen molar-refractivity contribution in [3.63, 3.8) is 0 Å². The van der Waals surface area contributed by atoms with Crippen LogP contribution in [0.1, 0.15) is 20.3 Å². The van der Waals surface area contributed by atoms with Crippen molar-refractivity contribution in [2.75, 3.05) is 6.61 Å². The molecular formula is C9H14O2. The van der Waals surface area contributed by atoms with Gasteiger partial charge in [-0.3, -0.25) is 0 Å². The quantitative estimate of drug-likeness (QED) is 0.425. The number of cyclic esters (lactones) is 1. The van der Waals surface area contributed by atoms with Gasteiger partial charge in [-0.25, -0.2) is 4.79 Å². The van der Waals surface area contributed by atoms with E-state index in [0.29, 0.717) is 24.0 Å². The van der Waals surface area contributed by atoms with Crippen molar-refractivity contribution < 1.29 is 9.53 Å². The summed E-state index contributed by atoms with van der Waals surface area (Å²) in [6.45, 7) is 8.49. The lowest BCUT2D eigenvalue weighted by Crippen LogP contribution is -2.26. The number of ether oxygens (including phenoxy) is 1. The molecular weight excluding hydrogens is 140 g/mol. The van der Waals surface area contributed by atoms with Gasteiger partial charge in [0.25, 0.3) is 0 Å². The SMILES string of the molecule is C=C1C[C@H](C(C)C)COC1=O. The lowest BCUT2D eigenvalue weighted by Gasteiger charge is -2.25. The van der Waals surface area contributed by atoms with Gasteiger partial charge in [-0.05, 0) is 18.3 Å². The minimum absolute atomic E-state index is 0.220. The third-order valence-corrected chi connectivity index (χ3v) is 2.17. The summed E-state index contributed by atoms with van der Waals surface area (Å²) in [6, 6.07) is 0. The molecule has 0 aromatic heterocycles. The average molecular weight is 154 g/mol. The smallest absolute Gasteiger partial charge is 0.333 e. The number of rotatable bonds is 1. The fourth-order valence-corrected chi connectivity index (χ4v) is 1.17. The monoisotopic (exact) mass is 154 g/mol. The first-order valence-electron chi connectivity index (χ1n) is 3.96. The van der Waals surface area contributed by atoms with E-state index in [1.54, 1.807) is 0 Å². The summed E-state index contributed by atoms with van der Waals surface area (Å²) in [7, 11) is 0. The highest BCUT2D eigenvalue weighted by atomic mass is 16.5. The molecule has 11 heavy (non-hydrogen) atoms. The van der Waals surface area contributed by atoms with Crippen LogP contribution in [0.3, 0.4) is 0 Å². The van der Waals surface area contributed by atoms with Crippen LogP contribution in [0.2, 0.25) is 0 Å². The van der Waals surface area contributed by atoms with Crippen molar-refractivity contribution in [2.45, 2.75) is 20.3 Å². The second kappa shape index (κ2) is 3.07. The zero-order valence-corrected chi connectivity index (χ0v) is 7.09. The molecule has 0 unspecified atom stereocenters. The van der Waals surface area contributed by atoms with E-state index in [1.165, 1.54) is 0 Å². The van der Waals surface area contributed by atoms with Gasteiger partial charge in [0.15, 0.2) is 0 Å². The number of carbonyl (C=O) groups is 1. The molecule has 1 heterocycles. The van der Waals surface area contributed by atoms with Crippen molar-refractivity contribution in [1.29, 1.82) is 0 Å². The van der Waals surface area contributed by atoms with Crippen molar-refractivity contribution in [1.82, 2.24) is 0 Å². The molecule has 2 nitrogen and oxygen atoms in total. The molecule has 1 aliphatic rings. The fourth-order valence-electron chi connectivity index (χ4n) is 1.17. The Kier molecular flexibility index (Phi) is 2.32. The molecule has 0 spiro atoms. The van der Waals surface area contributed by atoms with Crippen molar-refractivity contribution in [3.8, 4) is 0 Å². The highest BCUT2D eigenvalue weighted by molar-refractivity contribution is 5.88. The van der Waals surface area contributed by atoms with Crippen LogP contribution in [0.15, 0.2) is 12.2 Å². The fraction of sp³-hybridized carbons (Fsp3) is 0.667. The molecule has 0 bridgehead atoms. The van der Waals surface area contributed by atoms with Crippen molar-refractivity contribution in [2.24, 2.45) is 11.8 Å². The van der Waals surface area contributed by atoms with Crippen LogP contribution in [0.4, 0.5) is 0 Å². The number of esters is 1. The lowest BCUT2D eigenvalue weighted by molar-refractivity contribution is -0.144. The predicted molar refractivity (Wildman–Crippen MR) is 43.0 cm³/mol. The van der Waals surface area contributed by atoms with Crippen molar-refractivity contribution in [3.05, 3.63) is 12.2 Å². The molecule has 1 atom stereocenters. The summed E-state index contributed by atoms with van der Waals surface area (Å²) in [5.74, 6) is 0.821. The van der Waals surface area contributed by atoms with Crippen LogP contribution in [0.25, 0.3) is 0 Å². The van der Waals surface area contributed by atoms with E-state index in [9.17, 15) is 4.79 Å². The topological polar surface area (TPSA) is 26.3 Å². The minimum Gasteiger partial charge on any atom is -0.462 e. The highest BCUT2D eigenvalue weighted by Crippen LogP contribution is 2.24. The van der Waals surface area contributed by atoms with Gasteiger partial charge >= 0.3 is 5.97 Å². The first-order valence-corrected chi connectivity index (χ1v) is 3.96. The number of carbonyl (C=O) groups excluding carboxylic acids is 1. The summed E-state index contributed by atoms with van der Waals surface area (Å²) in [6.07, 6.45) is 0.802. The Balaban J connectivity index is 2.53. The molecule has 2 heteroatoms. The Morgan fingerprint density at radius 3 is 2.73 bits per heavy atom. The van der Waals surface area contributed by atoms with Gasteiger partial charge in [-0.2, -0.15) is 0 Å². The Morgan fingerprint density at radius 2 is 2.27 bits per heavy atom. The summed E-state index contributed by atoms with van der Waals surface area (Å²) in [4.78, 5) is 10.8. The molecule has 0 amide bonds. The van der Waals surface area contributed by atoms with Gasteiger partial charge in [0.1, 0.15) is 0 Å². The Labute approximate surface area is 67.2 Å². The molecule has 0 N–H and O–H groups in total. The van der Waals surface area contributed by atoms with Crippen LogP contribution in [0.5, 0.6) is 0 Å². The van der Waals surface area contributed by atoms with Crippen LogP contribution in [0, 0.1) is 11.8 Å². The molecule has 0 aliphatic carbocycles. The Hall–Kier alpha value is -0.790. The summed E-state index contributed by atoms with van der Waals surface area (Å²) in [5.41, 5.74) is 0.620. The average Bonchev–Trinajstić information content (AvgIpc) is 1.94. The number of hydrogen-bond acceptors (Lipinski definition) is 2. The predicted octanol–water partition coefficient (Wildman–Crippen LogP) is 1.76. The van der Waals surface area contributed by atoms with E-state index in [0.717, 1.165) is 6.42 Å². The maximum absolute atomic E-state index is 10.8. The highest BCUT2D eigenvalue weighted by Gasteiger charge is 2.25. The van der Waals surface area contributed by atoms with Gasteiger partial charge in [-0.15, -0.1) is 0 Å². The largest absolute Gasteiger partial charge is 0.462 e. The van der Waals surface area contributed by atoms with Crippen LogP contribution in [-0.2, 0) is 9.53 Å². The summed E-state index contributed by atoms with van der Waals surface area (Å²) in [5, 5.41) is 0. The van der Waals surface area contributed by atoms with E-state index in [2.05, 4.69) is 20.4 Å². The molecule has 62 valence electrons. The third kappa shape index (κ3) is 1.82. The second-order valence-electron chi connectivity index (χ2n) is 3.41. The van der Waals surface area contributed by atoms with Gasteiger partial charge < -0.3 is 4.74 Å². The molecule has 0 aromatic carbocycles. The normalized spacial score (nSPS) is 25.5.